The summed E-state index contributed by atoms with van der Waals surface area (Å²) < 4.78 is 5.31. The molecule has 178 valence electrons. The number of benzene rings is 3. The van der Waals surface area contributed by atoms with Crippen LogP contribution in [0.15, 0.2) is 78.9 Å². The fraction of sp³-hybridized carbons (Fsp3) is 0.185. The molecule has 0 aliphatic carbocycles. The van der Waals surface area contributed by atoms with Crippen molar-refractivity contribution in [2.75, 3.05) is 24.6 Å². The molecule has 3 aromatic carbocycles. The second-order valence-corrected chi connectivity index (χ2v) is 8.29. The van der Waals surface area contributed by atoms with Crippen LogP contribution >= 0.6 is 0 Å². The van der Waals surface area contributed by atoms with Crippen molar-refractivity contribution in [1.29, 1.82) is 0 Å². The van der Waals surface area contributed by atoms with Gasteiger partial charge in [0.2, 0.25) is 5.41 Å². The Bertz CT molecular complexity index is 1270. The number of carbonyl (C=O) groups excluding carboxylic acids is 4. The molecule has 2 atom stereocenters. The molecule has 1 fully saturated rings. The van der Waals surface area contributed by atoms with E-state index >= 15 is 0 Å². The molecule has 0 aromatic heterocycles. The second-order valence-electron chi connectivity index (χ2n) is 8.29. The van der Waals surface area contributed by atoms with Crippen molar-refractivity contribution < 1.29 is 23.9 Å². The average molecular weight is 472 g/mol. The minimum atomic E-state index is -2.28. The van der Waals surface area contributed by atoms with E-state index in [1.165, 1.54) is 36.4 Å². The minimum Gasteiger partial charge on any atom is -0.465 e. The lowest BCUT2D eigenvalue weighted by Gasteiger charge is -2.29. The van der Waals surface area contributed by atoms with Crippen LogP contribution in [0.1, 0.15) is 39.1 Å². The molecule has 1 heterocycles. The van der Waals surface area contributed by atoms with Crippen LogP contribution in [0, 0.1) is 5.41 Å². The van der Waals surface area contributed by atoms with Gasteiger partial charge in [0, 0.05) is 35.0 Å². The van der Waals surface area contributed by atoms with Gasteiger partial charge in [-0.05, 0) is 61.0 Å². The number of nitrogen functional groups attached to an aromatic ring is 2. The third kappa shape index (κ3) is 4.03. The van der Waals surface area contributed by atoms with Crippen molar-refractivity contribution in [3.8, 4) is 0 Å². The van der Waals surface area contributed by atoms with Crippen molar-refractivity contribution in [3.05, 3.63) is 95.6 Å². The van der Waals surface area contributed by atoms with E-state index in [4.69, 9.17) is 16.2 Å². The number of hydrogen-bond donors (Lipinski definition) is 2. The van der Waals surface area contributed by atoms with Crippen molar-refractivity contribution in [2.45, 2.75) is 12.8 Å². The van der Waals surface area contributed by atoms with Crippen LogP contribution in [0.2, 0.25) is 0 Å². The highest BCUT2D eigenvalue weighted by molar-refractivity contribution is 6.31. The molecular weight excluding hydrogens is 446 g/mol. The number of ketones is 1. The van der Waals surface area contributed by atoms with Crippen LogP contribution in [0.4, 0.5) is 11.4 Å². The SMILES string of the molecule is CCOC(=O)[C@@]1(C(=O)c2ccc(N)cc2)C(=O)N(C(=O)c2ccc(N)cc2)C[C@@H]1c1ccccc1. The molecule has 1 saturated heterocycles. The van der Waals surface area contributed by atoms with Crippen LogP contribution < -0.4 is 11.5 Å². The van der Waals surface area contributed by atoms with Crippen LogP contribution in [-0.4, -0.2) is 41.6 Å². The zero-order valence-corrected chi connectivity index (χ0v) is 19.1. The van der Waals surface area contributed by atoms with E-state index in [-0.39, 0.29) is 24.3 Å². The van der Waals surface area contributed by atoms with Gasteiger partial charge in [-0.2, -0.15) is 0 Å². The highest BCUT2D eigenvalue weighted by atomic mass is 16.5. The standard InChI is InChI=1S/C27H25N3O5/c1-2-35-26(34)27(23(31)18-8-12-20(28)13-9-18)22(17-6-4-3-5-7-17)16-30(25(27)33)24(32)19-10-14-21(29)15-11-19/h3-15,22H,2,16,28-29H2,1H3/t22-,27+/m1/s1. The predicted octanol–water partition coefficient (Wildman–Crippen LogP) is 3.05. The number of rotatable bonds is 6. The highest BCUT2D eigenvalue weighted by Gasteiger charge is 2.66. The fourth-order valence-corrected chi connectivity index (χ4v) is 4.45. The lowest BCUT2D eigenvalue weighted by Crippen LogP contribution is -2.51. The van der Waals surface area contributed by atoms with Gasteiger partial charge >= 0.3 is 5.97 Å². The van der Waals surface area contributed by atoms with E-state index in [2.05, 4.69) is 0 Å². The van der Waals surface area contributed by atoms with Gasteiger partial charge in [-0.1, -0.05) is 30.3 Å². The Balaban J connectivity index is 1.90. The first-order chi connectivity index (χ1) is 16.8. The molecule has 0 bridgehead atoms. The number of carbonyl (C=O) groups is 4. The van der Waals surface area contributed by atoms with Gasteiger partial charge in [-0.3, -0.25) is 24.1 Å². The molecular formula is C27H25N3O5. The smallest absolute Gasteiger partial charge is 0.330 e. The molecule has 8 heteroatoms. The number of nitrogens with two attached hydrogens (primary N) is 2. The number of hydrogen-bond acceptors (Lipinski definition) is 7. The highest BCUT2D eigenvalue weighted by Crippen LogP contribution is 2.48. The maximum atomic E-state index is 14.0. The van der Waals surface area contributed by atoms with Gasteiger partial charge in [-0.15, -0.1) is 0 Å². The Morgan fingerprint density at radius 3 is 1.97 bits per heavy atom. The number of imide groups is 1. The number of likely N-dealkylation sites (tertiary alicyclic amines) is 1. The van der Waals surface area contributed by atoms with E-state index < -0.39 is 34.9 Å². The lowest BCUT2D eigenvalue weighted by molar-refractivity contribution is -0.157. The summed E-state index contributed by atoms with van der Waals surface area (Å²) in [5, 5.41) is 0. The van der Waals surface area contributed by atoms with E-state index in [9.17, 15) is 19.2 Å². The van der Waals surface area contributed by atoms with E-state index in [0.717, 1.165) is 4.90 Å². The van der Waals surface area contributed by atoms with Gasteiger partial charge in [0.1, 0.15) is 0 Å². The molecule has 8 nitrogen and oxygen atoms in total. The molecule has 0 unspecified atom stereocenters. The summed E-state index contributed by atoms with van der Waals surface area (Å²) in [7, 11) is 0. The quantitative estimate of drug-likeness (QED) is 0.186. The monoisotopic (exact) mass is 471 g/mol. The number of esters is 1. The van der Waals surface area contributed by atoms with Crippen LogP contribution in [0.3, 0.4) is 0 Å². The Kier molecular flexibility index (Phi) is 6.38. The van der Waals surface area contributed by atoms with Crippen molar-refractivity contribution >= 4 is 34.9 Å². The lowest BCUT2D eigenvalue weighted by atomic mass is 9.69. The third-order valence-corrected chi connectivity index (χ3v) is 6.20. The summed E-state index contributed by atoms with van der Waals surface area (Å²) >= 11 is 0. The summed E-state index contributed by atoms with van der Waals surface area (Å²) in [4.78, 5) is 56.0. The summed E-state index contributed by atoms with van der Waals surface area (Å²) in [6.45, 7) is 1.37. The maximum Gasteiger partial charge on any atom is 0.330 e. The number of Topliss-reactive ketones (excluding diaryl/α,β-unsaturated/α-hetero) is 1. The zero-order valence-electron chi connectivity index (χ0n) is 19.1. The Hall–Kier alpha value is -4.46. The van der Waals surface area contributed by atoms with Crippen molar-refractivity contribution in [2.24, 2.45) is 5.41 Å². The van der Waals surface area contributed by atoms with E-state index in [1.54, 1.807) is 49.4 Å². The molecule has 0 spiro atoms. The van der Waals surface area contributed by atoms with E-state index in [1.807, 2.05) is 0 Å². The van der Waals surface area contributed by atoms with Gasteiger partial charge in [-0.25, -0.2) is 0 Å². The zero-order chi connectivity index (χ0) is 25.2. The minimum absolute atomic E-state index is 0.0453. The van der Waals surface area contributed by atoms with Crippen LogP contribution in [-0.2, 0) is 14.3 Å². The third-order valence-electron chi connectivity index (χ3n) is 6.20. The molecule has 0 radical (unpaired) electrons. The molecule has 1 aliphatic rings. The van der Waals surface area contributed by atoms with Gasteiger partial charge in [0.15, 0.2) is 5.78 Å². The maximum absolute atomic E-state index is 14.0. The van der Waals surface area contributed by atoms with Crippen molar-refractivity contribution in [1.82, 2.24) is 4.90 Å². The van der Waals surface area contributed by atoms with Gasteiger partial charge < -0.3 is 16.2 Å². The van der Waals surface area contributed by atoms with Gasteiger partial charge in [0.25, 0.3) is 11.8 Å². The summed E-state index contributed by atoms with van der Waals surface area (Å²) in [5.74, 6) is -4.26. The number of anilines is 2. The van der Waals surface area contributed by atoms with Crippen LogP contribution in [0.5, 0.6) is 0 Å². The molecule has 2 amide bonds. The molecule has 35 heavy (non-hydrogen) atoms. The largest absolute Gasteiger partial charge is 0.465 e. The topological polar surface area (TPSA) is 133 Å². The second kappa shape index (κ2) is 9.42. The normalized spacial score (nSPS) is 19.4. The average Bonchev–Trinajstić information content (AvgIpc) is 3.18. The molecule has 3 aromatic rings. The number of ether oxygens (including phenoxy) is 1. The first-order valence-electron chi connectivity index (χ1n) is 11.1. The first-order valence-corrected chi connectivity index (χ1v) is 11.1. The molecule has 0 saturated carbocycles. The predicted molar refractivity (Wildman–Crippen MR) is 130 cm³/mol. The molecule has 1 aliphatic heterocycles. The Morgan fingerprint density at radius 1 is 0.886 bits per heavy atom. The van der Waals surface area contributed by atoms with E-state index in [0.29, 0.717) is 16.9 Å². The summed E-state index contributed by atoms with van der Waals surface area (Å²) in [6.07, 6.45) is 0. The first kappa shape index (κ1) is 23.7. The van der Waals surface area contributed by atoms with Crippen LogP contribution in [0.25, 0.3) is 0 Å². The number of amides is 2. The van der Waals surface area contributed by atoms with Gasteiger partial charge in [0.05, 0.1) is 6.61 Å². The summed E-state index contributed by atoms with van der Waals surface area (Å²) in [6, 6.07) is 20.7. The Morgan fingerprint density at radius 2 is 1.43 bits per heavy atom. The fourth-order valence-electron chi connectivity index (χ4n) is 4.45. The number of nitrogens with zero attached hydrogens (tertiary/aromatic N) is 1. The molecule has 4 rings (SSSR count). The Labute approximate surface area is 202 Å². The summed E-state index contributed by atoms with van der Waals surface area (Å²) in [5.41, 5.74) is 11.0. The van der Waals surface area contributed by atoms with Crippen molar-refractivity contribution in [3.63, 3.8) is 0 Å². The molecule has 4 N–H and O–H groups in total.